The number of carboxylic acids is 1. The molecule has 0 aromatic heterocycles. The average Bonchev–Trinajstić information content (AvgIpc) is 2.66. The summed E-state index contributed by atoms with van der Waals surface area (Å²) in [5.74, 6) is -0.587. The first kappa shape index (κ1) is 23.7. The van der Waals surface area contributed by atoms with Crippen LogP contribution in [0.15, 0.2) is 30.3 Å². The van der Waals surface area contributed by atoms with Crippen LogP contribution in [0.2, 0.25) is 0 Å². The van der Waals surface area contributed by atoms with Crippen LogP contribution in [0.3, 0.4) is 0 Å². The van der Waals surface area contributed by atoms with E-state index in [0.29, 0.717) is 13.2 Å². The van der Waals surface area contributed by atoms with Gasteiger partial charge in [0.15, 0.2) is 0 Å². The lowest BCUT2D eigenvalue weighted by Crippen LogP contribution is -2.14. The number of unbranched alkanes of at least 4 members (excludes halogenated alkanes) is 10. The molecule has 1 rings (SSSR count). The predicted octanol–water partition coefficient (Wildman–Crippen LogP) is 7.00. The zero-order valence-electron chi connectivity index (χ0n) is 17.3. The highest BCUT2D eigenvalue weighted by Gasteiger charge is 2.13. The molecule has 0 aliphatic carbocycles. The summed E-state index contributed by atoms with van der Waals surface area (Å²) in [4.78, 5) is 11.1. The Labute approximate surface area is 166 Å². The monoisotopic (exact) mass is 376 g/mol. The Morgan fingerprint density at radius 2 is 1.44 bits per heavy atom. The molecule has 1 N–H and O–H groups in total. The molecule has 3 heteroatoms. The summed E-state index contributed by atoms with van der Waals surface area (Å²) in [6.07, 6.45) is 15.7. The van der Waals surface area contributed by atoms with Crippen LogP contribution in [-0.4, -0.2) is 17.7 Å². The molecule has 0 saturated heterocycles. The SMILES string of the molecule is CCCCCCCCCCCCC[C@@H](COCc1ccccc1)CC(=O)O. The molecular formula is C24H40O3. The second-order valence-corrected chi connectivity index (χ2v) is 7.79. The molecule has 0 heterocycles. The minimum atomic E-state index is -0.716. The summed E-state index contributed by atoms with van der Waals surface area (Å²) >= 11 is 0. The van der Waals surface area contributed by atoms with Gasteiger partial charge >= 0.3 is 5.97 Å². The number of carboxylic acid groups (broad SMARTS) is 1. The second-order valence-electron chi connectivity index (χ2n) is 7.79. The maximum Gasteiger partial charge on any atom is 0.303 e. The zero-order valence-corrected chi connectivity index (χ0v) is 17.3. The smallest absolute Gasteiger partial charge is 0.303 e. The third-order valence-electron chi connectivity index (χ3n) is 5.14. The van der Waals surface area contributed by atoms with Crippen LogP contribution in [0, 0.1) is 5.92 Å². The fourth-order valence-electron chi connectivity index (χ4n) is 3.51. The summed E-state index contributed by atoms with van der Waals surface area (Å²) < 4.78 is 5.77. The number of carbonyl (C=O) groups is 1. The number of hydrogen-bond acceptors (Lipinski definition) is 2. The average molecular weight is 377 g/mol. The summed E-state index contributed by atoms with van der Waals surface area (Å²) in [6, 6.07) is 10.1. The first-order valence-corrected chi connectivity index (χ1v) is 11.1. The van der Waals surface area contributed by atoms with E-state index in [0.717, 1.165) is 18.4 Å². The topological polar surface area (TPSA) is 46.5 Å². The van der Waals surface area contributed by atoms with Gasteiger partial charge in [0.2, 0.25) is 0 Å². The third-order valence-corrected chi connectivity index (χ3v) is 5.14. The summed E-state index contributed by atoms with van der Waals surface area (Å²) in [6.45, 7) is 3.37. The Hall–Kier alpha value is -1.35. The van der Waals surface area contributed by atoms with Crippen molar-refractivity contribution in [1.29, 1.82) is 0 Å². The maximum atomic E-state index is 11.1. The lowest BCUT2D eigenvalue weighted by molar-refractivity contribution is -0.138. The Morgan fingerprint density at radius 3 is 2.00 bits per heavy atom. The number of aliphatic carboxylic acids is 1. The van der Waals surface area contributed by atoms with Gasteiger partial charge in [0.25, 0.3) is 0 Å². The Bertz CT molecular complexity index is 458. The van der Waals surface area contributed by atoms with E-state index in [9.17, 15) is 4.79 Å². The molecule has 0 radical (unpaired) electrons. The van der Waals surface area contributed by atoms with Gasteiger partial charge in [-0.05, 0) is 17.9 Å². The molecule has 0 unspecified atom stereocenters. The zero-order chi connectivity index (χ0) is 19.6. The quantitative estimate of drug-likeness (QED) is 0.281. The van der Waals surface area contributed by atoms with E-state index < -0.39 is 5.97 Å². The van der Waals surface area contributed by atoms with Gasteiger partial charge in [-0.1, -0.05) is 108 Å². The van der Waals surface area contributed by atoms with Crippen LogP contribution in [0.1, 0.15) is 96.0 Å². The van der Waals surface area contributed by atoms with Crippen molar-refractivity contribution in [2.45, 2.75) is 97.0 Å². The van der Waals surface area contributed by atoms with Crippen LogP contribution in [-0.2, 0) is 16.1 Å². The van der Waals surface area contributed by atoms with Crippen LogP contribution < -0.4 is 0 Å². The molecule has 0 fully saturated rings. The summed E-state index contributed by atoms with van der Waals surface area (Å²) in [5.41, 5.74) is 1.14. The van der Waals surface area contributed by atoms with E-state index in [1.165, 1.54) is 64.2 Å². The molecule has 0 spiro atoms. The normalized spacial score (nSPS) is 12.2. The van der Waals surface area contributed by atoms with E-state index >= 15 is 0 Å². The molecule has 27 heavy (non-hydrogen) atoms. The van der Waals surface area contributed by atoms with E-state index in [-0.39, 0.29) is 12.3 Å². The molecule has 0 amide bonds. The number of rotatable bonds is 18. The van der Waals surface area contributed by atoms with Crippen molar-refractivity contribution in [2.75, 3.05) is 6.61 Å². The third kappa shape index (κ3) is 14.4. The van der Waals surface area contributed by atoms with Gasteiger partial charge in [-0.3, -0.25) is 4.79 Å². The molecule has 0 aliphatic heterocycles. The molecule has 0 saturated carbocycles. The van der Waals surface area contributed by atoms with Gasteiger partial charge in [-0.2, -0.15) is 0 Å². The standard InChI is InChI=1S/C24H40O3/c1-2-3-4-5-6-7-8-9-10-11-13-18-23(19-24(25)26)21-27-20-22-16-14-12-15-17-22/h12,14-17,23H,2-11,13,18-21H2,1H3,(H,25,26)/t23-/m1/s1. The molecule has 1 atom stereocenters. The molecule has 1 aromatic carbocycles. The fourth-order valence-corrected chi connectivity index (χ4v) is 3.51. The highest BCUT2D eigenvalue weighted by molar-refractivity contribution is 5.67. The number of ether oxygens (including phenoxy) is 1. The van der Waals surface area contributed by atoms with Crippen molar-refractivity contribution in [2.24, 2.45) is 5.92 Å². The lowest BCUT2D eigenvalue weighted by Gasteiger charge is -2.15. The van der Waals surface area contributed by atoms with Gasteiger partial charge in [0.1, 0.15) is 0 Å². The minimum absolute atomic E-state index is 0.129. The first-order valence-electron chi connectivity index (χ1n) is 11.1. The van der Waals surface area contributed by atoms with Gasteiger partial charge in [0, 0.05) is 0 Å². The van der Waals surface area contributed by atoms with Crippen LogP contribution in [0.25, 0.3) is 0 Å². The largest absolute Gasteiger partial charge is 0.481 e. The minimum Gasteiger partial charge on any atom is -0.481 e. The van der Waals surface area contributed by atoms with E-state index in [2.05, 4.69) is 6.92 Å². The molecular weight excluding hydrogens is 336 g/mol. The van der Waals surface area contributed by atoms with Crippen molar-refractivity contribution in [3.8, 4) is 0 Å². The molecule has 0 aliphatic rings. The van der Waals surface area contributed by atoms with Gasteiger partial charge in [-0.15, -0.1) is 0 Å². The van der Waals surface area contributed by atoms with Crippen molar-refractivity contribution in [3.63, 3.8) is 0 Å². The lowest BCUT2D eigenvalue weighted by atomic mass is 9.97. The highest BCUT2D eigenvalue weighted by atomic mass is 16.5. The predicted molar refractivity (Wildman–Crippen MR) is 113 cm³/mol. The second kappa shape index (κ2) is 16.8. The fraction of sp³-hybridized carbons (Fsp3) is 0.708. The Balaban J connectivity index is 2.04. The maximum absolute atomic E-state index is 11.1. The van der Waals surface area contributed by atoms with E-state index in [1.807, 2.05) is 30.3 Å². The van der Waals surface area contributed by atoms with Crippen LogP contribution >= 0.6 is 0 Å². The summed E-state index contributed by atoms with van der Waals surface area (Å²) in [7, 11) is 0. The molecule has 1 aromatic rings. The Kier molecular flexibility index (Phi) is 14.7. The van der Waals surface area contributed by atoms with Crippen molar-refractivity contribution in [1.82, 2.24) is 0 Å². The number of benzene rings is 1. The molecule has 0 bridgehead atoms. The van der Waals surface area contributed by atoms with E-state index in [4.69, 9.17) is 9.84 Å². The van der Waals surface area contributed by atoms with Crippen LogP contribution in [0.4, 0.5) is 0 Å². The summed E-state index contributed by atoms with van der Waals surface area (Å²) in [5, 5.41) is 9.12. The van der Waals surface area contributed by atoms with Crippen LogP contribution in [0.5, 0.6) is 0 Å². The molecule has 154 valence electrons. The van der Waals surface area contributed by atoms with Gasteiger partial charge in [0.05, 0.1) is 19.6 Å². The highest BCUT2D eigenvalue weighted by Crippen LogP contribution is 2.17. The van der Waals surface area contributed by atoms with E-state index in [1.54, 1.807) is 0 Å². The van der Waals surface area contributed by atoms with Crippen molar-refractivity contribution >= 4 is 5.97 Å². The Morgan fingerprint density at radius 1 is 0.889 bits per heavy atom. The van der Waals surface area contributed by atoms with Gasteiger partial charge in [-0.25, -0.2) is 0 Å². The number of hydrogen-bond donors (Lipinski definition) is 1. The molecule has 3 nitrogen and oxygen atoms in total. The first-order chi connectivity index (χ1) is 13.2. The van der Waals surface area contributed by atoms with Gasteiger partial charge < -0.3 is 9.84 Å². The van der Waals surface area contributed by atoms with Crippen molar-refractivity contribution < 1.29 is 14.6 Å². The van der Waals surface area contributed by atoms with Crippen molar-refractivity contribution in [3.05, 3.63) is 35.9 Å².